The molecule has 0 unspecified atom stereocenters. The number of carbonyl (C=O) groups is 1. The Morgan fingerprint density at radius 2 is 1.78 bits per heavy atom. The van der Waals surface area contributed by atoms with Crippen LogP contribution in [0.3, 0.4) is 0 Å². The van der Waals surface area contributed by atoms with Crippen molar-refractivity contribution in [1.82, 2.24) is 4.31 Å². The first-order valence-corrected chi connectivity index (χ1v) is 10.8. The topological polar surface area (TPSA) is 66.5 Å². The van der Waals surface area contributed by atoms with Crippen LogP contribution < -0.4 is 5.32 Å². The Balaban J connectivity index is 1.72. The van der Waals surface area contributed by atoms with Crippen LogP contribution in [0.5, 0.6) is 0 Å². The highest BCUT2D eigenvalue weighted by Gasteiger charge is 2.24. The summed E-state index contributed by atoms with van der Waals surface area (Å²) in [7, 11) is -2.26. The lowest BCUT2D eigenvalue weighted by Gasteiger charge is -2.20. The lowest BCUT2D eigenvalue weighted by Crippen LogP contribution is -2.35. The van der Waals surface area contributed by atoms with Gasteiger partial charge in [-0.3, -0.25) is 4.79 Å². The van der Waals surface area contributed by atoms with E-state index in [1.807, 2.05) is 37.3 Å². The predicted octanol–water partition coefficient (Wildman–Crippen LogP) is 3.39. The summed E-state index contributed by atoms with van der Waals surface area (Å²) in [5.74, 6) is -0.347. The van der Waals surface area contributed by atoms with Crippen molar-refractivity contribution in [2.45, 2.75) is 43.9 Å². The minimum atomic E-state index is -3.70. The Morgan fingerprint density at radius 3 is 2.52 bits per heavy atom. The molecule has 2 aromatic rings. The minimum absolute atomic E-state index is 0.225. The highest BCUT2D eigenvalue weighted by atomic mass is 32.2. The molecule has 27 heavy (non-hydrogen) atoms. The van der Waals surface area contributed by atoms with Crippen LogP contribution in [0.15, 0.2) is 47.4 Å². The third-order valence-corrected chi connectivity index (χ3v) is 6.87. The summed E-state index contributed by atoms with van der Waals surface area (Å²) < 4.78 is 26.9. The maximum atomic E-state index is 12.9. The standard InChI is InChI=1S/C21H26N2O3S/c1-3-16-8-6-7-11-20(16)22-21(24)15-23(2)27(25,26)19-13-12-17-9-4-5-10-18(17)14-19/h6-8,11-14H,3-5,9-10,15H2,1-2H3,(H,22,24). The van der Waals surface area contributed by atoms with Gasteiger partial charge in [0.05, 0.1) is 11.4 Å². The molecule has 0 heterocycles. The fourth-order valence-electron chi connectivity index (χ4n) is 3.48. The number of para-hydroxylation sites is 1. The van der Waals surface area contributed by atoms with Crippen LogP contribution in [0, 0.1) is 0 Å². The van der Waals surface area contributed by atoms with Gasteiger partial charge in [-0.1, -0.05) is 31.2 Å². The zero-order valence-electron chi connectivity index (χ0n) is 15.9. The lowest BCUT2D eigenvalue weighted by molar-refractivity contribution is -0.116. The number of benzene rings is 2. The molecule has 6 heteroatoms. The number of aryl methyl sites for hydroxylation is 3. The number of rotatable bonds is 6. The number of hydrogen-bond donors (Lipinski definition) is 1. The number of nitrogens with zero attached hydrogens (tertiary/aromatic N) is 1. The van der Waals surface area contributed by atoms with Gasteiger partial charge < -0.3 is 5.32 Å². The molecule has 0 atom stereocenters. The fraction of sp³-hybridized carbons (Fsp3) is 0.381. The zero-order chi connectivity index (χ0) is 19.4. The van der Waals surface area contributed by atoms with Gasteiger partial charge in [0.15, 0.2) is 0 Å². The molecular weight excluding hydrogens is 360 g/mol. The number of anilines is 1. The van der Waals surface area contributed by atoms with E-state index in [0.29, 0.717) is 0 Å². The molecular formula is C21H26N2O3S. The van der Waals surface area contributed by atoms with Crippen molar-refractivity contribution in [3.8, 4) is 0 Å². The smallest absolute Gasteiger partial charge is 0.243 e. The third-order valence-electron chi connectivity index (χ3n) is 5.07. The first kappa shape index (κ1) is 19.6. The first-order chi connectivity index (χ1) is 12.9. The Hall–Kier alpha value is -2.18. The first-order valence-electron chi connectivity index (χ1n) is 9.37. The third kappa shape index (κ3) is 4.39. The summed E-state index contributed by atoms with van der Waals surface area (Å²) in [5.41, 5.74) is 4.09. The Labute approximate surface area is 161 Å². The van der Waals surface area contributed by atoms with Gasteiger partial charge in [0.2, 0.25) is 15.9 Å². The molecule has 0 fully saturated rings. The molecule has 3 rings (SSSR count). The van der Waals surface area contributed by atoms with Gasteiger partial charge in [-0.25, -0.2) is 8.42 Å². The number of hydrogen-bond acceptors (Lipinski definition) is 3. The number of sulfonamides is 1. The number of carbonyl (C=O) groups excluding carboxylic acids is 1. The van der Waals surface area contributed by atoms with E-state index in [1.54, 1.807) is 12.1 Å². The molecule has 0 bridgehead atoms. The van der Waals surface area contributed by atoms with Crippen molar-refractivity contribution in [1.29, 1.82) is 0 Å². The zero-order valence-corrected chi connectivity index (χ0v) is 16.7. The second-order valence-corrected chi connectivity index (χ2v) is 9.00. The van der Waals surface area contributed by atoms with E-state index in [1.165, 1.54) is 12.6 Å². The molecule has 2 aromatic carbocycles. The number of likely N-dealkylation sites (N-methyl/N-ethyl adjacent to an activating group) is 1. The molecule has 1 N–H and O–H groups in total. The predicted molar refractivity (Wildman–Crippen MR) is 107 cm³/mol. The molecule has 0 spiro atoms. The van der Waals surface area contributed by atoms with Crippen LogP contribution in [-0.4, -0.2) is 32.2 Å². The van der Waals surface area contributed by atoms with Gasteiger partial charge >= 0.3 is 0 Å². The van der Waals surface area contributed by atoms with Crippen molar-refractivity contribution in [2.24, 2.45) is 0 Å². The van der Waals surface area contributed by atoms with Crippen LogP contribution in [-0.2, 0) is 34.1 Å². The van der Waals surface area contributed by atoms with E-state index in [-0.39, 0.29) is 17.3 Å². The number of nitrogens with one attached hydrogen (secondary N) is 1. The minimum Gasteiger partial charge on any atom is -0.325 e. The van der Waals surface area contributed by atoms with Crippen LogP contribution in [0.2, 0.25) is 0 Å². The Bertz CT molecular complexity index is 938. The van der Waals surface area contributed by atoms with Crippen LogP contribution in [0.4, 0.5) is 5.69 Å². The molecule has 0 aliphatic heterocycles. The highest BCUT2D eigenvalue weighted by molar-refractivity contribution is 7.89. The van der Waals surface area contributed by atoms with Crippen LogP contribution in [0.1, 0.15) is 36.5 Å². The average Bonchev–Trinajstić information content (AvgIpc) is 2.67. The van der Waals surface area contributed by atoms with Crippen molar-refractivity contribution in [3.63, 3.8) is 0 Å². The largest absolute Gasteiger partial charge is 0.325 e. The van der Waals surface area contributed by atoms with Crippen molar-refractivity contribution in [2.75, 3.05) is 18.9 Å². The van der Waals surface area contributed by atoms with E-state index >= 15 is 0 Å². The van der Waals surface area contributed by atoms with E-state index in [4.69, 9.17) is 0 Å². The number of fused-ring (bicyclic) bond motifs is 1. The molecule has 0 saturated carbocycles. The molecule has 0 aromatic heterocycles. The van der Waals surface area contributed by atoms with E-state index < -0.39 is 10.0 Å². The SMILES string of the molecule is CCc1ccccc1NC(=O)CN(C)S(=O)(=O)c1ccc2c(c1)CCCC2. The monoisotopic (exact) mass is 386 g/mol. The summed E-state index contributed by atoms with van der Waals surface area (Å²) in [6.07, 6.45) is 4.95. The normalized spacial score (nSPS) is 14.0. The van der Waals surface area contributed by atoms with Crippen molar-refractivity contribution >= 4 is 21.6 Å². The maximum Gasteiger partial charge on any atom is 0.243 e. The van der Waals surface area contributed by atoms with Crippen LogP contribution in [0.25, 0.3) is 0 Å². The second-order valence-electron chi connectivity index (χ2n) is 6.96. The molecule has 1 aliphatic rings. The van der Waals surface area contributed by atoms with Crippen LogP contribution >= 0.6 is 0 Å². The summed E-state index contributed by atoms with van der Waals surface area (Å²) in [6.45, 7) is 1.79. The van der Waals surface area contributed by atoms with Gasteiger partial charge in [-0.15, -0.1) is 0 Å². The second kappa shape index (κ2) is 8.23. The maximum absolute atomic E-state index is 12.9. The van der Waals surface area contributed by atoms with Crippen molar-refractivity contribution in [3.05, 3.63) is 59.2 Å². The van der Waals surface area contributed by atoms with E-state index in [9.17, 15) is 13.2 Å². The summed E-state index contributed by atoms with van der Waals surface area (Å²) in [6, 6.07) is 12.9. The molecule has 1 aliphatic carbocycles. The molecule has 1 amide bonds. The van der Waals surface area contributed by atoms with Crippen molar-refractivity contribution < 1.29 is 13.2 Å². The molecule has 0 saturated heterocycles. The molecule has 144 valence electrons. The Morgan fingerprint density at radius 1 is 1.07 bits per heavy atom. The average molecular weight is 387 g/mol. The van der Waals surface area contributed by atoms with E-state index in [2.05, 4.69) is 5.32 Å². The molecule has 0 radical (unpaired) electrons. The lowest BCUT2D eigenvalue weighted by atomic mass is 9.92. The van der Waals surface area contributed by atoms with Gasteiger partial charge in [0.1, 0.15) is 0 Å². The summed E-state index contributed by atoms with van der Waals surface area (Å²) >= 11 is 0. The summed E-state index contributed by atoms with van der Waals surface area (Å²) in [4.78, 5) is 12.6. The van der Waals surface area contributed by atoms with Gasteiger partial charge in [0.25, 0.3) is 0 Å². The molecule has 5 nitrogen and oxygen atoms in total. The van der Waals surface area contributed by atoms with E-state index in [0.717, 1.165) is 53.2 Å². The fourth-order valence-corrected chi connectivity index (χ4v) is 4.66. The van der Waals surface area contributed by atoms with Gasteiger partial charge in [0, 0.05) is 12.7 Å². The quantitative estimate of drug-likeness (QED) is 0.828. The van der Waals surface area contributed by atoms with Gasteiger partial charge in [-0.2, -0.15) is 4.31 Å². The number of amides is 1. The van der Waals surface area contributed by atoms with Gasteiger partial charge in [-0.05, 0) is 67.0 Å². The Kier molecular flexibility index (Phi) is 5.97. The summed E-state index contributed by atoms with van der Waals surface area (Å²) in [5, 5.41) is 2.82. The highest BCUT2D eigenvalue weighted by Crippen LogP contribution is 2.25.